The van der Waals surface area contributed by atoms with Crippen LogP contribution in [0.25, 0.3) is 10.7 Å². The van der Waals surface area contributed by atoms with E-state index in [9.17, 15) is 9.59 Å². The molecule has 2 aromatic heterocycles. The molecule has 1 aromatic carbocycles. The van der Waals surface area contributed by atoms with Gasteiger partial charge in [-0.05, 0) is 24.3 Å². The Labute approximate surface area is 177 Å². The number of amides is 2. The molecule has 0 spiro atoms. The van der Waals surface area contributed by atoms with Crippen LogP contribution < -0.4 is 25.8 Å². The molecule has 0 radical (unpaired) electrons. The summed E-state index contributed by atoms with van der Waals surface area (Å²) in [7, 11) is 3.09. The van der Waals surface area contributed by atoms with Crippen LogP contribution in [0.15, 0.2) is 40.5 Å². The number of ether oxygens (including phenoxy) is 2. The molecule has 2 N–H and O–H groups in total. The molecule has 0 bridgehead atoms. The number of aromatic nitrogens is 3. The SMILES string of the molecule is COc1cc(NC(=O)NCCn2nc(-c3cccs3)n(C3CC3)c2=O)cc(OC)c1. The molecule has 158 valence electrons. The van der Waals surface area contributed by atoms with Crippen LogP contribution in [0, 0.1) is 0 Å². The standard InChI is InChI=1S/C20H23N5O4S/c1-28-15-10-13(11-16(12-15)29-2)22-19(26)21-7-8-24-20(27)25(14-5-6-14)18(23-24)17-4-3-9-30-17/h3-4,9-12,14H,5-8H2,1-2H3,(H2,21,22,26). The highest BCUT2D eigenvalue weighted by Gasteiger charge is 2.30. The van der Waals surface area contributed by atoms with Gasteiger partial charge in [-0.1, -0.05) is 6.07 Å². The third-order valence-corrected chi connectivity index (χ3v) is 5.61. The van der Waals surface area contributed by atoms with Gasteiger partial charge in [0.05, 0.1) is 25.6 Å². The zero-order valence-electron chi connectivity index (χ0n) is 16.8. The molecule has 30 heavy (non-hydrogen) atoms. The lowest BCUT2D eigenvalue weighted by molar-refractivity contribution is 0.251. The third kappa shape index (κ3) is 4.33. The van der Waals surface area contributed by atoms with Crippen molar-refractivity contribution < 1.29 is 14.3 Å². The molecule has 1 fully saturated rings. The van der Waals surface area contributed by atoms with Gasteiger partial charge in [-0.25, -0.2) is 14.3 Å². The highest BCUT2D eigenvalue weighted by atomic mass is 32.1. The fraction of sp³-hybridized carbons (Fsp3) is 0.350. The van der Waals surface area contributed by atoms with Crippen LogP contribution in [0.2, 0.25) is 0 Å². The summed E-state index contributed by atoms with van der Waals surface area (Å²) in [6, 6.07) is 8.84. The summed E-state index contributed by atoms with van der Waals surface area (Å²) >= 11 is 1.56. The van der Waals surface area contributed by atoms with Crippen molar-refractivity contribution in [2.45, 2.75) is 25.4 Å². The van der Waals surface area contributed by atoms with Crippen molar-refractivity contribution in [2.75, 3.05) is 26.1 Å². The Morgan fingerprint density at radius 1 is 1.23 bits per heavy atom. The molecule has 1 aliphatic carbocycles. The maximum Gasteiger partial charge on any atom is 0.346 e. The van der Waals surface area contributed by atoms with Crippen molar-refractivity contribution in [3.05, 3.63) is 46.2 Å². The molecule has 1 aliphatic rings. The van der Waals surface area contributed by atoms with Crippen molar-refractivity contribution in [1.82, 2.24) is 19.7 Å². The average Bonchev–Trinajstić information content (AvgIpc) is 3.32. The molecule has 2 amide bonds. The van der Waals surface area contributed by atoms with E-state index < -0.39 is 6.03 Å². The summed E-state index contributed by atoms with van der Waals surface area (Å²) < 4.78 is 13.6. The van der Waals surface area contributed by atoms with Gasteiger partial charge < -0.3 is 20.1 Å². The molecule has 0 aliphatic heterocycles. The average molecular weight is 430 g/mol. The number of thiophene rings is 1. The number of rotatable bonds is 8. The number of hydrogen-bond donors (Lipinski definition) is 2. The Morgan fingerprint density at radius 3 is 2.57 bits per heavy atom. The Kier molecular flexibility index (Phi) is 5.75. The summed E-state index contributed by atoms with van der Waals surface area (Å²) in [6.45, 7) is 0.546. The number of urea groups is 1. The fourth-order valence-electron chi connectivity index (χ4n) is 3.13. The predicted molar refractivity (Wildman–Crippen MR) is 115 cm³/mol. The number of hydrogen-bond acceptors (Lipinski definition) is 6. The fourth-order valence-corrected chi connectivity index (χ4v) is 3.84. The zero-order valence-corrected chi connectivity index (χ0v) is 17.6. The second-order valence-corrected chi connectivity index (χ2v) is 7.84. The highest BCUT2D eigenvalue weighted by Crippen LogP contribution is 2.37. The monoisotopic (exact) mass is 429 g/mol. The first kappa shape index (κ1) is 20.0. The van der Waals surface area contributed by atoms with E-state index in [-0.39, 0.29) is 24.8 Å². The van der Waals surface area contributed by atoms with Gasteiger partial charge in [-0.2, -0.15) is 0 Å². The Hall–Kier alpha value is -3.27. The van der Waals surface area contributed by atoms with Crippen LogP contribution in [-0.4, -0.2) is 41.1 Å². The van der Waals surface area contributed by atoms with E-state index in [4.69, 9.17) is 9.47 Å². The van der Waals surface area contributed by atoms with Gasteiger partial charge in [-0.3, -0.25) is 4.57 Å². The van der Waals surface area contributed by atoms with Gasteiger partial charge in [0.15, 0.2) is 5.82 Å². The predicted octanol–water partition coefficient (Wildman–Crippen LogP) is 2.95. The van der Waals surface area contributed by atoms with Crippen molar-refractivity contribution in [1.29, 1.82) is 0 Å². The van der Waals surface area contributed by atoms with E-state index >= 15 is 0 Å². The Balaban J connectivity index is 1.39. The van der Waals surface area contributed by atoms with Crippen LogP contribution in [0.3, 0.4) is 0 Å². The topological polar surface area (TPSA) is 99.4 Å². The van der Waals surface area contributed by atoms with Crippen molar-refractivity contribution in [2.24, 2.45) is 0 Å². The first-order valence-electron chi connectivity index (χ1n) is 9.60. The van der Waals surface area contributed by atoms with Crippen LogP contribution in [0.1, 0.15) is 18.9 Å². The molecule has 1 saturated carbocycles. The molecule has 10 heteroatoms. The van der Waals surface area contributed by atoms with Gasteiger partial charge in [-0.15, -0.1) is 16.4 Å². The molecular formula is C20H23N5O4S. The minimum atomic E-state index is -0.390. The van der Waals surface area contributed by atoms with Gasteiger partial charge >= 0.3 is 11.7 Å². The second-order valence-electron chi connectivity index (χ2n) is 6.89. The third-order valence-electron chi connectivity index (χ3n) is 4.74. The molecule has 3 aromatic rings. The number of nitrogens with one attached hydrogen (secondary N) is 2. The lowest BCUT2D eigenvalue weighted by Crippen LogP contribution is -2.34. The molecule has 2 heterocycles. The largest absolute Gasteiger partial charge is 0.497 e. The van der Waals surface area contributed by atoms with E-state index in [1.54, 1.807) is 48.3 Å². The van der Waals surface area contributed by atoms with Gasteiger partial charge in [0.2, 0.25) is 0 Å². The highest BCUT2D eigenvalue weighted by molar-refractivity contribution is 7.13. The normalized spacial score (nSPS) is 13.1. The molecule has 9 nitrogen and oxygen atoms in total. The summed E-state index contributed by atoms with van der Waals surface area (Å²) in [6.07, 6.45) is 1.99. The van der Waals surface area contributed by atoms with E-state index in [0.29, 0.717) is 23.0 Å². The van der Waals surface area contributed by atoms with E-state index in [0.717, 1.165) is 17.7 Å². The number of nitrogens with zero attached hydrogens (tertiary/aromatic N) is 3. The summed E-state index contributed by atoms with van der Waals surface area (Å²) in [4.78, 5) is 26.0. The summed E-state index contributed by atoms with van der Waals surface area (Å²) in [5.41, 5.74) is 0.402. The van der Waals surface area contributed by atoms with Crippen LogP contribution in [0.5, 0.6) is 11.5 Å². The zero-order chi connectivity index (χ0) is 21.1. The van der Waals surface area contributed by atoms with Crippen molar-refractivity contribution in [3.63, 3.8) is 0 Å². The number of carbonyl (C=O) groups excluding carboxylic acids is 1. The minimum absolute atomic E-state index is 0.138. The summed E-state index contributed by atoms with van der Waals surface area (Å²) in [5.74, 6) is 1.84. The van der Waals surface area contributed by atoms with Gasteiger partial charge in [0.25, 0.3) is 0 Å². The molecule has 0 atom stereocenters. The van der Waals surface area contributed by atoms with Crippen molar-refractivity contribution in [3.8, 4) is 22.2 Å². The van der Waals surface area contributed by atoms with Crippen LogP contribution in [0.4, 0.5) is 10.5 Å². The lowest BCUT2D eigenvalue weighted by atomic mass is 10.3. The van der Waals surface area contributed by atoms with E-state index in [2.05, 4.69) is 15.7 Å². The number of benzene rings is 1. The van der Waals surface area contributed by atoms with Gasteiger partial charge in [0, 0.05) is 36.5 Å². The number of anilines is 1. The Bertz CT molecular complexity index is 1060. The van der Waals surface area contributed by atoms with E-state index in [1.165, 1.54) is 4.68 Å². The number of carbonyl (C=O) groups is 1. The second kappa shape index (κ2) is 8.62. The quantitative estimate of drug-likeness (QED) is 0.574. The molecule has 0 saturated heterocycles. The maximum atomic E-state index is 12.8. The molecule has 0 unspecified atom stereocenters. The minimum Gasteiger partial charge on any atom is -0.497 e. The first-order chi connectivity index (χ1) is 14.6. The first-order valence-corrected chi connectivity index (χ1v) is 10.5. The summed E-state index contributed by atoms with van der Waals surface area (Å²) in [5, 5.41) is 12.0. The molecular weight excluding hydrogens is 406 g/mol. The number of methoxy groups -OCH3 is 2. The van der Waals surface area contributed by atoms with Crippen molar-refractivity contribution >= 4 is 23.1 Å². The van der Waals surface area contributed by atoms with Gasteiger partial charge in [0.1, 0.15) is 11.5 Å². The van der Waals surface area contributed by atoms with Crippen LogP contribution in [-0.2, 0) is 6.54 Å². The lowest BCUT2D eigenvalue weighted by Gasteiger charge is -2.10. The van der Waals surface area contributed by atoms with E-state index in [1.807, 2.05) is 17.5 Å². The molecule has 4 rings (SSSR count). The smallest absolute Gasteiger partial charge is 0.346 e. The van der Waals surface area contributed by atoms with Crippen LogP contribution >= 0.6 is 11.3 Å². The maximum absolute atomic E-state index is 12.8. The Morgan fingerprint density at radius 2 is 1.97 bits per heavy atom.